The molecule has 0 aliphatic rings. The van der Waals surface area contributed by atoms with Crippen LogP contribution in [0.5, 0.6) is 0 Å². The van der Waals surface area contributed by atoms with Gasteiger partial charge in [-0.3, -0.25) is 33.8 Å². The van der Waals surface area contributed by atoms with E-state index in [2.05, 4.69) is 57.5 Å². The topological polar surface area (TPSA) is 287 Å². The molecule has 0 bridgehead atoms. The van der Waals surface area contributed by atoms with E-state index in [0.29, 0.717) is 28.3 Å². The smallest absolute Gasteiger partial charge is 1.00 e. The number of aromatic amines is 3. The zero-order valence-corrected chi connectivity index (χ0v) is 73.8. The molecule has 114 heavy (non-hydrogen) atoms. The van der Waals surface area contributed by atoms with Gasteiger partial charge in [0, 0.05) is 135 Å². The Kier molecular flexibility index (Phi) is 33.8. The second-order valence-electron chi connectivity index (χ2n) is 24.0. The van der Waals surface area contributed by atoms with Crippen molar-refractivity contribution in [3.63, 3.8) is 0 Å². The van der Waals surface area contributed by atoms with Crippen LogP contribution in [-0.4, -0.2) is 56.0 Å². The third kappa shape index (κ3) is 25.3. The van der Waals surface area contributed by atoms with Crippen LogP contribution in [0.4, 0.5) is 35.1 Å². The first-order valence-electron chi connectivity index (χ1n) is 32.9. The molecule has 8 aromatic carbocycles. The maximum atomic E-state index is 13.5. The Balaban J connectivity index is 0.000000200. The third-order valence-corrected chi connectivity index (χ3v) is 16.4. The quantitative estimate of drug-likeness (QED) is 0.0337. The Morgan fingerprint density at radius 2 is 0.868 bits per heavy atom. The summed E-state index contributed by atoms with van der Waals surface area (Å²) in [7, 11) is 0. The van der Waals surface area contributed by atoms with Crippen LogP contribution < -0.4 is 193 Å². The second-order valence-corrected chi connectivity index (χ2v) is 24.3. The standard InChI is InChI=1S/2C20H13F2N3O2.C20H13F2N3O.C10H8ClN.C10H6F2N2O.CH2O3.ClH.2Cs.H/c21-15-8-14(9-16(22)10-15)18-4-6-20(27)25(24-18)11-12-1-3-17-13(7-12)2-5-19(26)23-17;21-16-9-15(10-17(22)11-16)18-4-6-20(26)24(23-18)12-13-3-5-19-14(8-13)2-1-7-25(19)27;21-16-9-15(10-17(22)11-16)19-5-6-20(26)25(24-19)12-13-3-4-18-14(8-13)2-1-7-23-18;11-7-8-3-4-10-9(6-8)2-1-5-12-10;11-7-3-6(4-8(12)5-7)9-1-2-10(15)14-13-9;2-1-4-3;;;;/h1-10H,11H2,(H,23,26);1-11H,12H2;1-11H,12H2;1-6H,7H2;1-5H,(H,14,15);1,3H;1H;;;/q;;;;;;;2*+1;-1/p-1. The number of aromatic nitrogens is 12. The van der Waals surface area contributed by atoms with E-state index < -0.39 is 46.5 Å². The molecule has 8 heterocycles. The summed E-state index contributed by atoms with van der Waals surface area (Å²) in [5.41, 5.74) is 7.54. The Bertz CT molecular complexity index is 6340. The number of hydrogen-bond donors (Lipinski definition) is 2. The Morgan fingerprint density at radius 3 is 1.34 bits per heavy atom. The molecule has 0 atom stereocenters. The number of carbonyl (C=O) groups excluding carboxylic acids is 1. The molecule has 16 aromatic rings. The van der Waals surface area contributed by atoms with Crippen LogP contribution in [0.1, 0.15) is 23.7 Å². The first-order valence-corrected chi connectivity index (χ1v) is 33.5. The van der Waals surface area contributed by atoms with Crippen LogP contribution in [-0.2, 0) is 35.2 Å². The molecule has 8 aromatic heterocycles. The van der Waals surface area contributed by atoms with Crippen molar-refractivity contribution in [1.29, 1.82) is 0 Å². The summed E-state index contributed by atoms with van der Waals surface area (Å²) >= 11 is 5.72. The van der Waals surface area contributed by atoms with Crippen LogP contribution in [0.25, 0.3) is 88.6 Å². The summed E-state index contributed by atoms with van der Waals surface area (Å²) < 4.78 is 111. The molecule has 0 amide bonds. The molecule has 0 aliphatic carbocycles. The Hall–Kier alpha value is -9.93. The van der Waals surface area contributed by atoms with E-state index in [4.69, 9.17) is 21.7 Å². The van der Waals surface area contributed by atoms with E-state index in [1.54, 1.807) is 54.7 Å². The summed E-state index contributed by atoms with van der Waals surface area (Å²) in [4.78, 5) is 79.9. The number of hydrogen-bond acceptors (Lipinski definition) is 14. The van der Waals surface area contributed by atoms with Gasteiger partial charge in [-0.15, -0.1) is 11.6 Å². The van der Waals surface area contributed by atoms with E-state index in [0.717, 1.165) is 115 Å². The summed E-state index contributed by atoms with van der Waals surface area (Å²) in [5.74, 6) is -5.04. The summed E-state index contributed by atoms with van der Waals surface area (Å²) in [6, 6.07) is 60.1. The SMILES string of the molecule is ClCc1ccc2[nH+]cccc2c1.O=CO[O-].O=c1ccc(-c2cc(F)cc(F)c2)n[nH]1.O=c1ccc(-c2cc(F)cc(F)c2)nn1Cc1ccc2c(ccc[n+]2[O-])c1.O=c1ccc(-c2cc(F)cc(F)c2)nn1Cc1ccc2ncccc2c1.O=c1ccc2cc(Cn3nc(-c4cc(F)cc(F)c4)ccc3=O)ccc2[nH]1.[Cl-].[Cs+].[Cs+].[H-]. The fraction of sp³-hybridized carbons (Fsp3) is 0.0494. The minimum Gasteiger partial charge on any atom is -1.00 e. The molecule has 0 saturated carbocycles. The van der Waals surface area contributed by atoms with E-state index >= 15 is 0 Å². The van der Waals surface area contributed by atoms with Crippen LogP contribution >= 0.6 is 11.6 Å². The molecular weight excluding hydrogens is 1770 g/mol. The number of fused-ring (bicyclic) bond motifs is 4. The zero-order valence-electron chi connectivity index (χ0n) is 60.7. The van der Waals surface area contributed by atoms with Crippen molar-refractivity contribution in [3.05, 3.63) is 387 Å². The molecule has 0 aliphatic heterocycles. The van der Waals surface area contributed by atoms with Gasteiger partial charge in [0.15, 0.2) is 12.4 Å². The number of nitrogens with zero attached hydrogens (tertiary/aromatic N) is 9. The number of carbonyl (C=O) groups is 1. The number of pyridine rings is 4. The van der Waals surface area contributed by atoms with E-state index in [1.807, 2.05) is 60.8 Å². The van der Waals surface area contributed by atoms with Gasteiger partial charge in [-0.1, -0.05) is 30.3 Å². The number of H-pyrrole nitrogens is 3. The fourth-order valence-corrected chi connectivity index (χ4v) is 11.3. The van der Waals surface area contributed by atoms with Gasteiger partial charge in [0.2, 0.25) is 16.6 Å². The zero-order chi connectivity index (χ0) is 78.7. The maximum absolute atomic E-state index is 13.5. The van der Waals surface area contributed by atoms with Crippen LogP contribution in [0.15, 0.2) is 285 Å². The van der Waals surface area contributed by atoms with Gasteiger partial charge in [0.05, 0.1) is 47.9 Å². The molecule has 566 valence electrons. The Labute approximate surface area is 769 Å². The van der Waals surface area contributed by atoms with Crippen molar-refractivity contribution in [3.8, 4) is 45.0 Å². The van der Waals surface area contributed by atoms with Crippen molar-refractivity contribution < 1.29 is 211 Å². The fourth-order valence-electron chi connectivity index (χ4n) is 11.1. The monoisotopic (exact) mass is 1830 g/mol. The van der Waals surface area contributed by atoms with Gasteiger partial charge < -0.3 is 34.2 Å². The normalized spacial score (nSPS) is 10.4. The molecule has 0 unspecified atom stereocenters. The van der Waals surface area contributed by atoms with E-state index in [9.17, 15) is 64.3 Å². The largest absolute Gasteiger partial charge is 1.00 e. The average molecular weight is 1830 g/mol. The molecule has 0 radical (unpaired) electrons. The van der Waals surface area contributed by atoms with Crippen molar-refractivity contribution in [1.82, 2.24) is 49.5 Å². The number of benzene rings is 8. The second kappa shape index (κ2) is 43.0. The van der Waals surface area contributed by atoms with Crippen LogP contribution in [0.2, 0.25) is 0 Å². The van der Waals surface area contributed by atoms with Gasteiger partial charge >= 0.3 is 138 Å². The predicted molar refractivity (Wildman–Crippen MR) is 397 cm³/mol. The van der Waals surface area contributed by atoms with Crippen molar-refractivity contribution >= 4 is 61.7 Å². The Morgan fingerprint density at radius 1 is 0.456 bits per heavy atom. The summed E-state index contributed by atoms with van der Waals surface area (Å²) in [6.07, 6.45) is 5.05. The van der Waals surface area contributed by atoms with E-state index in [-0.39, 0.29) is 239 Å². The van der Waals surface area contributed by atoms with Gasteiger partial charge in [-0.05, 0) is 161 Å². The summed E-state index contributed by atoms with van der Waals surface area (Å²) in [6.45, 7) is 0.406. The van der Waals surface area contributed by atoms with Gasteiger partial charge in [0.1, 0.15) is 46.5 Å². The first kappa shape index (κ1) is 89.6. The molecule has 21 nitrogen and oxygen atoms in total. The number of rotatable bonds is 12. The summed E-state index contributed by atoms with van der Waals surface area (Å²) in [5, 5.41) is 42.5. The number of alkyl halides is 1. The molecule has 3 N–H and O–H groups in total. The molecule has 0 saturated heterocycles. The minimum absolute atomic E-state index is 0. The van der Waals surface area contributed by atoms with Gasteiger partial charge in [0.25, 0.3) is 28.7 Å². The molecule has 0 fully saturated rings. The van der Waals surface area contributed by atoms with Gasteiger partial charge in [-0.25, -0.2) is 59.3 Å². The third-order valence-electron chi connectivity index (χ3n) is 16.1. The molecular formula is C81H56Cl2Cs2F8N12O9. The predicted octanol–water partition coefficient (Wildman–Crippen LogP) is 3.55. The van der Waals surface area contributed by atoms with Crippen LogP contribution in [0, 0.1) is 51.7 Å². The first-order chi connectivity index (χ1) is 53.5. The minimum atomic E-state index is -0.718. The number of nitrogens with one attached hydrogen (secondary N) is 3. The maximum Gasteiger partial charge on any atom is 1.00 e. The van der Waals surface area contributed by atoms with Crippen molar-refractivity contribution in [2.75, 3.05) is 0 Å². The van der Waals surface area contributed by atoms with Crippen molar-refractivity contribution in [2.24, 2.45) is 0 Å². The number of halogens is 10. The molecule has 0 spiro atoms. The molecule has 33 heteroatoms. The van der Waals surface area contributed by atoms with Gasteiger partial charge in [-0.2, -0.15) is 25.1 Å². The molecule has 16 rings (SSSR count). The van der Waals surface area contributed by atoms with E-state index in [1.165, 1.54) is 92.4 Å². The van der Waals surface area contributed by atoms with Crippen LogP contribution in [0.3, 0.4) is 0 Å². The average Bonchev–Trinajstić information content (AvgIpc) is 0.789. The van der Waals surface area contributed by atoms with Crippen molar-refractivity contribution in [2.45, 2.75) is 25.5 Å².